The summed E-state index contributed by atoms with van der Waals surface area (Å²) in [6, 6.07) is 3.67. The number of hydrogen-bond acceptors (Lipinski definition) is 4. The third-order valence-electron chi connectivity index (χ3n) is 4.14. The van der Waals surface area contributed by atoms with Gasteiger partial charge in [0.15, 0.2) is 0 Å². The Morgan fingerprint density at radius 2 is 2.11 bits per heavy atom. The van der Waals surface area contributed by atoms with E-state index in [0.29, 0.717) is 35.1 Å². The molecule has 142 valence electrons. The fourth-order valence-electron chi connectivity index (χ4n) is 2.86. The molecule has 27 heavy (non-hydrogen) atoms. The lowest BCUT2D eigenvalue weighted by molar-refractivity contribution is 0.0949. The van der Waals surface area contributed by atoms with Gasteiger partial charge in [-0.05, 0) is 43.9 Å². The van der Waals surface area contributed by atoms with Gasteiger partial charge in [-0.2, -0.15) is 0 Å². The molecule has 0 spiro atoms. The van der Waals surface area contributed by atoms with Gasteiger partial charge in [0.2, 0.25) is 5.88 Å². The Hall–Kier alpha value is -2.66. The first-order chi connectivity index (χ1) is 13.0. The summed E-state index contributed by atoms with van der Waals surface area (Å²) in [5.74, 6) is 0.293. The normalized spacial score (nSPS) is 10.3. The maximum absolute atomic E-state index is 12.7. The summed E-state index contributed by atoms with van der Waals surface area (Å²) in [6.45, 7) is 9.71. The summed E-state index contributed by atoms with van der Waals surface area (Å²) in [7, 11) is 1.58. The van der Waals surface area contributed by atoms with E-state index < -0.39 is 0 Å². The van der Waals surface area contributed by atoms with Crippen LogP contribution in [0.2, 0.25) is 5.15 Å². The molecule has 0 atom stereocenters. The minimum Gasteiger partial charge on any atom is -0.481 e. The highest BCUT2D eigenvalue weighted by Crippen LogP contribution is 2.23. The summed E-state index contributed by atoms with van der Waals surface area (Å²) < 4.78 is 5.43. The number of aryl methyl sites for hydroxylation is 2. The lowest BCUT2D eigenvalue weighted by Crippen LogP contribution is -2.25. The van der Waals surface area contributed by atoms with Gasteiger partial charge in [-0.3, -0.25) is 4.79 Å². The van der Waals surface area contributed by atoms with Crippen LogP contribution in [0.15, 0.2) is 43.6 Å². The predicted molar refractivity (Wildman–Crippen MR) is 108 cm³/mol. The van der Waals surface area contributed by atoms with Crippen LogP contribution in [-0.2, 0) is 19.4 Å². The molecule has 0 aliphatic heterocycles. The number of allylic oxidation sites excluding steroid dienone is 2. The molecule has 0 aliphatic carbocycles. The fourth-order valence-corrected chi connectivity index (χ4v) is 3.09. The molecule has 0 aliphatic rings. The smallest absolute Gasteiger partial charge is 0.252 e. The molecule has 5 nitrogen and oxygen atoms in total. The number of pyridine rings is 2. The standard InChI is InChI=1S/C21H24ClN3O2/c1-5-7-9-15-12-14(3)25-21(27-4)18(15)13-24-20(26)17-10-11-23-19(22)16(17)8-6-2/h5-6,10-12H,1-2,7-9,13H2,3-4H3,(H,24,26). The van der Waals surface area contributed by atoms with Gasteiger partial charge in [-0.1, -0.05) is 23.8 Å². The summed E-state index contributed by atoms with van der Waals surface area (Å²) in [4.78, 5) is 21.2. The van der Waals surface area contributed by atoms with Crippen molar-refractivity contribution in [3.05, 3.63) is 76.7 Å². The number of carbonyl (C=O) groups excluding carboxylic acids is 1. The minimum absolute atomic E-state index is 0.228. The zero-order chi connectivity index (χ0) is 19.8. The van der Waals surface area contributed by atoms with E-state index >= 15 is 0 Å². The van der Waals surface area contributed by atoms with Gasteiger partial charge in [0, 0.05) is 35.1 Å². The van der Waals surface area contributed by atoms with Crippen LogP contribution in [0.3, 0.4) is 0 Å². The molecule has 2 rings (SSSR count). The SMILES string of the molecule is C=CCCc1cc(C)nc(OC)c1CNC(=O)c1ccnc(Cl)c1CC=C. The van der Waals surface area contributed by atoms with Crippen LogP contribution in [0.5, 0.6) is 5.88 Å². The summed E-state index contributed by atoms with van der Waals surface area (Å²) in [5, 5.41) is 3.26. The van der Waals surface area contributed by atoms with Gasteiger partial charge in [0.25, 0.3) is 5.91 Å². The number of methoxy groups -OCH3 is 1. The van der Waals surface area contributed by atoms with E-state index in [2.05, 4.69) is 28.4 Å². The number of carbonyl (C=O) groups is 1. The van der Waals surface area contributed by atoms with Gasteiger partial charge in [0.05, 0.1) is 7.11 Å². The average molecular weight is 386 g/mol. The number of aromatic nitrogens is 2. The Kier molecular flexibility index (Phi) is 7.55. The van der Waals surface area contributed by atoms with Crippen molar-refractivity contribution >= 4 is 17.5 Å². The van der Waals surface area contributed by atoms with Gasteiger partial charge in [-0.25, -0.2) is 9.97 Å². The van der Waals surface area contributed by atoms with E-state index in [1.165, 1.54) is 6.20 Å². The van der Waals surface area contributed by atoms with E-state index in [-0.39, 0.29) is 5.91 Å². The Morgan fingerprint density at radius 1 is 1.33 bits per heavy atom. The van der Waals surface area contributed by atoms with Crippen molar-refractivity contribution in [3.63, 3.8) is 0 Å². The number of nitrogens with zero attached hydrogens (tertiary/aromatic N) is 2. The molecule has 0 radical (unpaired) electrons. The first-order valence-corrected chi connectivity index (χ1v) is 9.06. The van der Waals surface area contributed by atoms with Crippen molar-refractivity contribution in [2.45, 2.75) is 32.7 Å². The number of ether oxygens (including phenoxy) is 1. The topological polar surface area (TPSA) is 64.1 Å². The highest BCUT2D eigenvalue weighted by molar-refractivity contribution is 6.30. The Bertz CT molecular complexity index is 850. The molecular weight excluding hydrogens is 362 g/mol. The van der Waals surface area contributed by atoms with E-state index in [1.54, 1.807) is 19.3 Å². The lowest BCUT2D eigenvalue weighted by Gasteiger charge is -2.15. The van der Waals surface area contributed by atoms with Crippen LogP contribution in [-0.4, -0.2) is 23.0 Å². The molecule has 0 fully saturated rings. The lowest BCUT2D eigenvalue weighted by atomic mass is 10.0. The highest BCUT2D eigenvalue weighted by Gasteiger charge is 2.17. The van der Waals surface area contributed by atoms with E-state index in [4.69, 9.17) is 16.3 Å². The number of rotatable bonds is 9. The fraction of sp³-hybridized carbons (Fsp3) is 0.286. The second kappa shape index (κ2) is 9.88. The van der Waals surface area contributed by atoms with Gasteiger partial charge in [0.1, 0.15) is 5.15 Å². The van der Waals surface area contributed by atoms with E-state index in [9.17, 15) is 4.79 Å². The van der Waals surface area contributed by atoms with Crippen molar-refractivity contribution in [2.24, 2.45) is 0 Å². The monoisotopic (exact) mass is 385 g/mol. The second-order valence-corrected chi connectivity index (χ2v) is 6.40. The predicted octanol–water partition coefficient (Wildman–Crippen LogP) is 4.22. The van der Waals surface area contributed by atoms with E-state index in [1.807, 2.05) is 19.1 Å². The van der Waals surface area contributed by atoms with Crippen LogP contribution in [0.1, 0.15) is 39.2 Å². The zero-order valence-electron chi connectivity index (χ0n) is 15.7. The van der Waals surface area contributed by atoms with Crippen molar-refractivity contribution in [2.75, 3.05) is 7.11 Å². The summed E-state index contributed by atoms with van der Waals surface area (Å²) in [5.41, 5.74) is 3.96. The van der Waals surface area contributed by atoms with Crippen LogP contribution < -0.4 is 10.1 Å². The number of hydrogen-bond donors (Lipinski definition) is 1. The minimum atomic E-state index is -0.228. The third kappa shape index (κ3) is 5.17. The average Bonchev–Trinajstić information content (AvgIpc) is 2.66. The van der Waals surface area contributed by atoms with Gasteiger partial charge < -0.3 is 10.1 Å². The first kappa shape index (κ1) is 20.6. The number of halogens is 1. The molecule has 0 saturated carbocycles. The molecule has 2 aromatic rings. The molecule has 1 N–H and O–H groups in total. The maximum Gasteiger partial charge on any atom is 0.252 e. The molecule has 2 heterocycles. The van der Waals surface area contributed by atoms with Gasteiger partial charge in [-0.15, -0.1) is 13.2 Å². The Balaban J connectivity index is 2.28. The van der Waals surface area contributed by atoms with Crippen molar-refractivity contribution in [1.82, 2.24) is 15.3 Å². The zero-order valence-corrected chi connectivity index (χ0v) is 16.5. The summed E-state index contributed by atoms with van der Waals surface area (Å²) >= 11 is 6.14. The molecule has 0 saturated heterocycles. The first-order valence-electron chi connectivity index (χ1n) is 8.68. The quantitative estimate of drug-likeness (QED) is 0.518. The van der Waals surface area contributed by atoms with Crippen LogP contribution in [0.4, 0.5) is 0 Å². The third-order valence-corrected chi connectivity index (χ3v) is 4.47. The number of amides is 1. The Morgan fingerprint density at radius 3 is 2.78 bits per heavy atom. The Labute approximate surface area is 165 Å². The van der Waals surface area contributed by atoms with Crippen molar-refractivity contribution < 1.29 is 9.53 Å². The molecule has 0 bridgehead atoms. The molecule has 0 aromatic carbocycles. The maximum atomic E-state index is 12.7. The molecule has 6 heteroatoms. The number of nitrogens with one attached hydrogen (secondary N) is 1. The molecular formula is C21H24ClN3O2. The van der Waals surface area contributed by atoms with Crippen molar-refractivity contribution in [1.29, 1.82) is 0 Å². The molecule has 1 amide bonds. The van der Waals surface area contributed by atoms with Gasteiger partial charge >= 0.3 is 0 Å². The summed E-state index contributed by atoms with van der Waals surface area (Å²) in [6.07, 6.45) is 7.18. The van der Waals surface area contributed by atoms with Crippen LogP contribution in [0.25, 0.3) is 0 Å². The van der Waals surface area contributed by atoms with Crippen LogP contribution in [0, 0.1) is 6.92 Å². The van der Waals surface area contributed by atoms with Crippen molar-refractivity contribution in [3.8, 4) is 5.88 Å². The molecule has 0 unspecified atom stereocenters. The molecule has 2 aromatic heterocycles. The van der Waals surface area contributed by atoms with E-state index in [0.717, 1.165) is 29.7 Å². The van der Waals surface area contributed by atoms with Crippen LogP contribution >= 0.6 is 11.6 Å². The highest BCUT2D eigenvalue weighted by atomic mass is 35.5. The largest absolute Gasteiger partial charge is 0.481 e. The second-order valence-electron chi connectivity index (χ2n) is 6.04.